The quantitative estimate of drug-likeness (QED) is 0.786. The van der Waals surface area contributed by atoms with Crippen LogP contribution in [-0.2, 0) is 14.8 Å². The van der Waals surface area contributed by atoms with Crippen molar-refractivity contribution >= 4 is 21.9 Å². The molecular formula is C15H20N2O5S. The Morgan fingerprint density at radius 1 is 1.26 bits per heavy atom. The molecule has 1 aromatic rings. The van der Waals surface area contributed by atoms with Gasteiger partial charge in [0.05, 0.1) is 0 Å². The molecule has 126 valence electrons. The Morgan fingerprint density at radius 2 is 1.87 bits per heavy atom. The normalized spacial score (nSPS) is 15.5. The maximum Gasteiger partial charge on any atom is 0.318 e. The highest BCUT2D eigenvalue weighted by Gasteiger charge is 2.43. The van der Waals surface area contributed by atoms with Gasteiger partial charge in [0, 0.05) is 25.2 Å². The fraction of sp³-hybridized carbons (Fsp3) is 0.467. The molecule has 2 rings (SSSR count). The third kappa shape index (κ3) is 3.89. The van der Waals surface area contributed by atoms with Crippen LogP contribution in [0.1, 0.15) is 23.7 Å². The maximum absolute atomic E-state index is 12.5. The van der Waals surface area contributed by atoms with E-state index in [0.29, 0.717) is 12.0 Å². The average molecular weight is 340 g/mol. The highest BCUT2D eigenvalue weighted by Crippen LogP contribution is 2.22. The molecule has 1 saturated heterocycles. The van der Waals surface area contributed by atoms with Crippen LogP contribution in [0.2, 0.25) is 0 Å². The van der Waals surface area contributed by atoms with Gasteiger partial charge in [0.1, 0.15) is 11.8 Å². The van der Waals surface area contributed by atoms with Gasteiger partial charge in [0.15, 0.2) is 0 Å². The number of carboxylic acids is 1. The number of hydrogen-bond donors (Lipinski definition) is 1. The van der Waals surface area contributed by atoms with Crippen molar-refractivity contribution in [3.8, 4) is 0 Å². The van der Waals surface area contributed by atoms with Crippen LogP contribution in [0.5, 0.6) is 0 Å². The minimum absolute atomic E-state index is 0.0931. The fourth-order valence-electron chi connectivity index (χ4n) is 2.46. The first-order chi connectivity index (χ1) is 10.9. The van der Waals surface area contributed by atoms with E-state index in [2.05, 4.69) is 0 Å². The van der Waals surface area contributed by atoms with Crippen LogP contribution < -0.4 is 0 Å². The zero-order valence-electron chi connectivity index (χ0n) is 12.9. The van der Waals surface area contributed by atoms with Crippen molar-refractivity contribution in [1.82, 2.24) is 9.21 Å². The van der Waals surface area contributed by atoms with E-state index < -0.39 is 27.8 Å². The number of sulfonamides is 1. The Kier molecular flexibility index (Phi) is 5.38. The molecule has 7 nitrogen and oxygen atoms in total. The van der Waals surface area contributed by atoms with Crippen LogP contribution in [0.3, 0.4) is 0 Å². The van der Waals surface area contributed by atoms with Crippen molar-refractivity contribution in [1.29, 1.82) is 0 Å². The molecule has 1 aliphatic rings. The maximum atomic E-state index is 12.5. The number of carboxylic acid groups (broad SMARTS) is 1. The summed E-state index contributed by atoms with van der Waals surface area (Å²) in [7, 11) is -3.71. The second-order valence-electron chi connectivity index (χ2n) is 5.47. The largest absolute Gasteiger partial charge is 0.480 e. The van der Waals surface area contributed by atoms with Crippen molar-refractivity contribution in [2.75, 3.05) is 26.2 Å². The molecule has 0 saturated carbocycles. The molecule has 0 bridgehead atoms. The molecule has 0 spiro atoms. The van der Waals surface area contributed by atoms with Gasteiger partial charge in [-0.25, -0.2) is 8.42 Å². The lowest BCUT2D eigenvalue weighted by Crippen LogP contribution is -2.60. The summed E-state index contributed by atoms with van der Waals surface area (Å²) >= 11 is 0. The van der Waals surface area contributed by atoms with E-state index >= 15 is 0 Å². The summed E-state index contributed by atoms with van der Waals surface area (Å²) in [5.74, 6) is -1.39. The van der Waals surface area contributed by atoms with Crippen molar-refractivity contribution < 1.29 is 23.1 Å². The molecule has 0 radical (unpaired) electrons. The second-order valence-corrected chi connectivity index (χ2v) is 7.68. The predicted molar refractivity (Wildman–Crippen MR) is 84.6 cm³/mol. The molecule has 1 aliphatic heterocycles. The molecule has 1 fully saturated rings. The fourth-order valence-corrected chi connectivity index (χ4v) is 4.35. The van der Waals surface area contributed by atoms with Crippen LogP contribution in [0.25, 0.3) is 0 Å². The summed E-state index contributed by atoms with van der Waals surface area (Å²) in [6, 6.07) is 8.65. The van der Waals surface area contributed by atoms with Gasteiger partial charge in [-0.3, -0.25) is 9.59 Å². The molecule has 1 N–H and O–H groups in total. The smallest absolute Gasteiger partial charge is 0.318 e. The number of nitrogens with zero attached hydrogens (tertiary/aromatic N) is 2. The highest BCUT2D eigenvalue weighted by atomic mass is 32.2. The first-order valence-corrected chi connectivity index (χ1v) is 8.91. The Bertz CT molecular complexity index is 668. The molecule has 8 heteroatoms. The van der Waals surface area contributed by atoms with Crippen molar-refractivity contribution in [3.63, 3.8) is 0 Å². The lowest BCUT2D eigenvalue weighted by Gasteiger charge is -2.40. The van der Waals surface area contributed by atoms with Gasteiger partial charge in [-0.2, -0.15) is 4.31 Å². The monoisotopic (exact) mass is 340 g/mol. The number of hydrogen-bond acceptors (Lipinski definition) is 4. The lowest BCUT2D eigenvalue weighted by molar-refractivity contribution is -0.137. The Hall–Kier alpha value is -1.93. The zero-order chi connectivity index (χ0) is 17.0. The van der Waals surface area contributed by atoms with Crippen LogP contribution in [0.15, 0.2) is 30.3 Å². The predicted octanol–water partition coefficient (Wildman–Crippen LogP) is 0.637. The van der Waals surface area contributed by atoms with E-state index in [1.54, 1.807) is 37.3 Å². The number of carbonyl (C=O) groups excluding carboxylic acids is 1. The topological polar surface area (TPSA) is 95.0 Å². The highest BCUT2D eigenvalue weighted by molar-refractivity contribution is 7.89. The molecule has 1 amide bonds. The number of aliphatic carboxylic acids is 1. The average Bonchev–Trinajstić information content (AvgIpc) is 2.45. The zero-order valence-corrected chi connectivity index (χ0v) is 13.7. The number of likely N-dealkylation sites (tertiary alicyclic amines) is 1. The summed E-state index contributed by atoms with van der Waals surface area (Å²) in [5, 5.41) is 8.13. The van der Waals surface area contributed by atoms with Crippen LogP contribution in [-0.4, -0.2) is 66.0 Å². The van der Waals surface area contributed by atoms with E-state index in [1.807, 2.05) is 0 Å². The number of benzene rings is 1. The molecular weight excluding hydrogens is 320 g/mol. The Balaban J connectivity index is 2.02. The van der Waals surface area contributed by atoms with Gasteiger partial charge in [-0.1, -0.05) is 25.1 Å². The van der Waals surface area contributed by atoms with E-state index in [-0.39, 0.29) is 25.5 Å². The molecule has 1 aromatic carbocycles. The van der Waals surface area contributed by atoms with Crippen LogP contribution >= 0.6 is 0 Å². The van der Waals surface area contributed by atoms with E-state index in [4.69, 9.17) is 5.11 Å². The second kappa shape index (κ2) is 7.10. The Morgan fingerprint density at radius 3 is 2.39 bits per heavy atom. The van der Waals surface area contributed by atoms with Crippen LogP contribution in [0, 0.1) is 0 Å². The van der Waals surface area contributed by atoms with Crippen molar-refractivity contribution in [2.45, 2.75) is 18.6 Å². The van der Waals surface area contributed by atoms with E-state index in [0.717, 1.165) is 4.31 Å². The van der Waals surface area contributed by atoms with Gasteiger partial charge in [-0.05, 0) is 18.6 Å². The van der Waals surface area contributed by atoms with E-state index in [9.17, 15) is 18.0 Å². The minimum atomic E-state index is -3.71. The van der Waals surface area contributed by atoms with E-state index in [1.165, 1.54) is 4.90 Å². The molecule has 0 unspecified atom stereocenters. The minimum Gasteiger partial charge on any atom is -0.480 e. The van der Waals surface area contributed by atoms with Gasteiger partial charge in [-0.15, -0.1) is 0 Å². The van der Waals surface area contributed by atoms with Crippen LogP contribution in [0.4, 0.5) is 0 Å². The molecule has 0 aliphatic carbocycles. The standard InChI is InChI=1S/C15H20N2O5S/c1-2-8-17(11-14(18)19)23(21,22)13-9-16(10-13)15(20)12-6-4-3-5-7-12/h3-7,13H,2,8-11H2,1H3,(H,18,19). The van der Waals surface area contributed by atoms with Gasteiger partial charge < -0.3 is 10.0 Å². The lowest BCUT2D eigenvalue weighted by atomic mass is 10.1. The molecule has 0 aromatic heterocycles. The third-order valence-corrected chi connectivity index (χ3v) is 5.89. The number of carbonyl (C=O) groups is 2. The van der Waals surface area contributed by atoms with Crippen molar-refractivity contribution in [2.24, 2.45) is 0 Å². The third-order valence-electron chi connectivity index (χ3n) is 3.72. The Labute approximate surface area is 135 Å². The van der Waals surface area contributed by atoms with Gasteiger partial charge in [0.25, 0.3) is 5.91 Å². The van der Waals surface area contributed by atoms with Gasteiger partial charge in [0.2, 0.25) is 10.0 Å². The number of rotatable bonds is 7. The van der Waals surface area contributed by atoms with Gasteiger partial charge >= 0.3 is 5.97 Å². The summed E-state index contributed by atoms with van der Waals surface area (Å²) in [6.07, 6.45) is 0.534. The molecule has 0 atom stereocenters. The summed E-state index contributed by atoms with van der Waals surface area (Å²) in [4.78, 5) is 24.5. The summed E-state index contributed by atoms with van der Waals surface area (Å²) in [5.41, 5.74) is 0.513. The number of amides is 1. The summed E-state index contributed by atoms with van der Waals surface area (Å²) in [6.45, 7) is 1.60. The first kappa shape index (κ1) is 17.4. The first-order valence-electron chi connectivity index (χ1n) is 7.41. The molecule has 1 heterocycles. The van der Waals surface area contributed by atoms with Crippen molar-refractivity contribution in [3.05, 3.63) is 35.9 Å². The summed E-state index contributed by atoms with van der Waals surface area (Å²) < 4.78 is 25.9. The molecule has 23 heavy (non-hydrogen) atoms. The SMILES string of the molecule is CCCN(CC(=O)O)S(=O)(=O)C1CN(C(=O)c2ccccc2)C1.